The third kappa shape index (κ3) is 5.18. The molecule has 0 unspecified atom stereocenters. The number of hydroxylamine groups is 1. The summed E-state index contributed by atoms with van der Waals surface area (Å²) in [6.45, 7) is 2.04. The maximum absolute atomic E-state index is 12.3. The molecule has 3 rings (SSSR count). The number of nitrogens with one attached hydrogen (secondary N) is 2. The number of amides is 1. The lowest BCUT2D eigenvalue weighted by molar-refractivity contribution is -0.124. The molecule has 0 aliphatic heterocycles. The molecule has 1 aromatic heterocycles. The minimum absolute atomic E-state index is 0.282. The summed E-state index contributed by atoms with van der Waals surface area (Å²) >= 11 is 0. The Morgan fingerprint density at radius 2 is 1.86 bits per heavy atom. The molecule has 0 fully saturated rings. The lowest BCUT2D eigenvalue weighted by Gasteiger charge is -2.02. The molecule has 0 spiro atoms. The Bertz CT molecular complexity index is 1010. The van der Waals surface area contributed by atoms with Crippen LogP contribution in [-0.4, -0.2) is 33.7 Å². The quantitative estimate of drug-likeness (QED) is 0.248. The fourth-order valence-electron chi connectivity index (χ4n) is 2.81. The first-order valence-electron chi connectivity index (χ1n) is 9.13. The van der Waals surface area contributed by atoms with Crippen LogP contribution in [0.15, 0.2) is 60.7 Å². The topological polar surface area (TPSA) is 104 Å². The van der Waals surface area contributed by atoms with E-state index in [4.69, 9.17) is 9.94 Å². The smallest absolute Gasteiger partial charge is 0.357 e. The number of carbonyl (C=O) groups is 2. The van der Waals surface area contributed by atoms with Crippen LogP contribution in [0.4, 0.5) is 0 Å². The molecule has 7 heteroatoms. The number of imidazole rings is 1. The summed E-state index contributed by atoms with van der Waals surface area (Å²) < 4.78 is 5.16. The molecule has 3 aromatic rings. The first-order chi connectivity index (χ1) is 14.1. The van der Waals surface area contributed by atoms with Gasteiger partial charge in [-0.15, -0.1) is 0 Å². The van der Waals surface area contributed by atoms with Gasteiger partial charge in [-0.2, -0.15) is 0 Å². The van der Waals surface area contributed by atoms with Crippen LogP contribution in [0, 0.1) is 0 Å². The van der Waals surface area contributed by atoms with Gasteiger partial charge in [0.25, 0.3) is 5.91 Å². The Balaban J connectivity index is 1.83. The van der Waals surface area contributed by atoms with Crippen LogP contribution in [0.1, 0.15) is 34.4 Å². The van der Waals surface area contributed by atoms with Crippen molar-refractivity contribution in [2.75, 3.05) is 6.61 Å². The molecular formula is C22H21N3O4. The van der Waals surface area contributed by atoms with Crippen molar-refractivity contribution in [1.29, 1.82) is 0 Å². The number of benzene rings is 2. The van der Waals surface area contributed by atoms with E-state index in [1.54, 1.807) is 18.5 Å². The van der Waals surface area contributed by atoms with Crippen LogP contribution < -0.4 is 5.48 Å². The van der Waals surface area contributed by atoms with E-state index >= 15 is 0 Å². The predicted octanol–water partition coefficient (Wildman–Crippen LogP) is 3.36. The van der Waals surface area contributed by atoms with Gasteiger partial charge in [0.2, 0.25) is 0 Å². The molecule has 0 atom stereocenters. The van der Waals surface area contributed by atoms with Gasteiger partial charge in [0.15, 0.2) is 5.69 Å². The van der Waals surface area contributed by atoms with E-state index < -0.39 is 11.9 Å². The molecule has 0 aliphatic rings. The average Bonchev–Trinajstić information content (AvgIpc) is 3.17. The second kappa shape index (κ2) is 9.48. The molecule has 1 heterocycles. The molecule has 0 saturated heterocycles. The third-order valence-electron chi connectivity index (χ3n) is 4.17. The minimum Gasteiger partial charge on any atom is -0.461 e. The van der Waals surface area contributed by atoms with Gasteiger partial charge in [-0.3, -0.25) is 10.0 Å². The van der Waals surface area contributed by atoms with Crippen molar-refractivity contribution in [3.05, 3.63) is 83.3 Å². The summed E-state index contributed by atoms with van der Waals surface area (Å²) in [4.78, 5) is 31.1. The molecule has 2 aromatic carbocycles. The number of esters is 1. The molecule has 0 aliphatic carbocycles. The molecule has 0 radical (unpaired) electrons. The lowest BCUT2D eigenvalue weighted by Crippen LogP contribution is -2.14. The summed E-state index contributed by atoms with van der Waals surface area (Å²) in [7, 11) is 0. The number of hydrogen-bond donors (Lipinski definition) is 3. The van der Waals surface area contributed by atoms with Crippen LogP contribution in [-0.2, 0) is 16.0 Å². The summed E-state index contributed by atoms with van der Waals surface area (Å²) in [5, 5.41) is 8.51. The van der Waals surface area contributed by atoms with Crippen molar-refractivity contribution in [3.63, 3.8) is 0 Å². The molecule has 3 N–H and O–H groups in total. The van der Waals surface area contributed by atoms with E-state index in [-0.39, 0.29) is 6.61 Å². The number of aromatic amines is 1. The van der Waals surface area contributed by atoms with Gasteiger partial charge >= 0.3 is 5.97 Å². The van der Waals surface area contributed by atoms with Crippen LogP contribution in [0.25, 0.3) is 17.3 Å². The van der Waals surface area contributed by atoms with Gasteiger partial charge in [-0.25, -0.2) is 15.3 Å². The van der Waals surface area contributed by atoms with E-state index in [9.17, 15) is 9.59 Å². The zero-order valence-corrected chi connectivity index (χ0v) is 15.9. The van der Waals surface area contributed by atoms with Crippen LogP contribution in [0.2, 0.25) is 0 Å². The van der Waals surface area contributed by atoms with E-state index in [0.717, 1.165) is 16.7 Å². The number of nitrogens with zero attached hydrogens (tertiary/aromatic N) is 1. The van der Waals surface area contributed by atoms with Crippen molar-refractivity contribution >= 4 is 18.0 Å². The number of H-pyrrole nitrogens is 1. The molecule has 0 bridgehead atoms. The first kappa shape index (κ1) is 20.0. The Morgan fingerprint density at radius 3 is 2.52 bits per heavy atom. The van der Waals surface area contributed by atoms with Crippen molar-refractivity contribution in [2.24, 2.45) is 0 Å². The second-order valence-corrected chi connectivity index (χ2v) is 6.22. The Labute approximate surface area is 168 Å². The highest BCUT2D eigenvalue weighted by molar-refractivity contribution is 5.94. The highest BCUT2D eigenvalue weighted by Crippen LogP contribution is 2.23. The molecule has 0 saturated carbocycles. The molecule has 7 nitrogen and oxygen atoms in total. The number of rotatable bonds is 7. The van der Waals surface area contributed by atoms with Crippen LogP contribution in [0.3, 0.4) is 0 Å². The molecular weight excluding hydrogens is 370 g/mol. The van der Waals surface area contributed by atoms with Gasteiger partial charge in [0.1, 0.15) is 11.5 Å². The van der Waals surface area contributed by atoms with Crippen LogP contribution in [0.5, 0.6) is 0 Å². The first-order valence-corrected chi connectivity index (χ1v) is 9.13. The van der Waals surface area contributed by atoms with E-state index in [2.05, 4.69) is 9.97 Å². The number of hydrogen-bond acceptors (Lipinski definition) is 5. The van der Waals surface area contributed by atoms with Gasteiger partial charge in [0, 0.05) is 18.1 Å². The fraction of sp³-hybridized carbons (Fsp3) is 0.136. The van der Waals surface area contributed by atoms with Crippen molar-refractivity contribution in [1.82, 2.24) is 15.4 Å². The Hall–Kier alpha value is -3.71. The third-order valence-corrected chi connectivity index (χ3v) is 4.17. The normalized spacial score (nSPS) is 10.8. The summed E-state index contributed by atoms with van der Waals surface area (Å²) in [5.41, 5.74) is 5.07. The molecule has 29 heavy (non-hydrogen) atoms. The number of ether oxygens (including phenoxy) is 1. The highest BCUT2D eigenvalue weighted by Gasteiger charge is 2.19. The second-order valence-electron chi connectivity index (χ2n) is 6.22. The van der Waals surface area contributed by atoms with E-state index in [0.29, 0.717) is 23.6 Å². The molecule has 148 valence electrons. The van der Waals surface area contributed by atoms with Crippen molar-refractivity contribution in [2.45, 2.75) is 13.3 Å². The zero-order chi connectivity index (χ0) is 20.6. The summed E-state index contributed by atoms with van der Waals surface area (Å²) in [6, 6.07) is 17.0. The summed E-state index contributed by atoms with van der Waals surface area (Å²) in [5.74, 6) is -0.382. The lowest BCUT2D eigenvalue weighted by atomic mass is 10.1. The largest absolute Gasteiger partial charge is 0.461 e. The summed E-state index contributed by atoms with van der Waals surface area (Å²) in [6.07, 6.45) is 3.33. The standard InChI is InChI=1S/C22H21N3O4/c1-2-29-22(27)21-20(17-6-4-3-5-7-17)23-18(24-21)14-16-10-8-15(9-11-16)12-13-19(26)25-28/h3-13,28H,2,14H2,1H3,(H,23,24)(H,25,26)/b13-12+. The Morgan fingerprint density at radius 1 is 1.14 bits per heavy atom. The zero-order valence-electron chi connectivity index (χ0n) is 15.9. The average molecular weight is 391 g/mol. The van der Waals surface area contributed by atoms with E-state index in [1.807, 2.05) is 54.6 Å². The van der Waals surface area contributed by atoms with Gasteiger partial charge in [-0.1, -0.05) is 54.6 Å². The fourth-order valence-corrected chi connectivity index (χ4v) is 2.81. The maximum Gasteiger partial charge on any atom is 0.357 e. The highest BCUT2D eigenvalue weighted by atomic mass is 16.5. The van der Waals surface area contributed by atoms with Gasteiger partial charge < -0.3 is 9.72 Å². The number of carbonyl (C=O) groups excluding carboxylic acids is 2. The predicted molar refractivity (Wildman–Crippen MR) is 108 cm³/mol. The van der Waals surface area contributed by atoms with Gasteiger partial charge in [-0.05, 0) is 24.1 Å². The van der Waals surface area contributed by atoms with E-state index in [1.165, 1.54) is 6.08 Å². The monoisotopic (exact) mass is 391 g/mol. The Kier molecular flexibility index (Phi) is 6.55. The van der Waals surface area contributed by atoms with Crippen LogP contribution >= 0.6 is 0 Å². The van der Waals surface area contributed by atoms with Crippen molar-refractivity contribution in [3.8, 4) is 11.3 Å². The van der Waals surface area contributed by atoms with Gasteiger partial charge in [0.05, 0.1) is 6.61 Å². The molecule has 1 amide bonds. The maximum atomic E-state index is 12.3. The minimum atomic E-state index is -0.593. The van der Waals surface area contributed by atoms with Crippen molar-refractivity contribution < 1.29 is 19.5 Å². The SMILES string of the molecule is CCOC(=O)c1[nH]c(Cc2ccc(/C=C/C(=O)NO)cc2)nc1-c1ccccc1. The number of aromatic nitrogens is 2.